The van der Waals surface area contributed by atoms with Gasteiger partial charge in [-0.1, -0.05) is 0 Å². The fourth-order valence-corrected chi connectivity index (χ4v) is 6.83. The van der Waals surface area contributed by atoms with Gasteiger partial charge in [-0.25, -0.2) is 8.42 Å². The molecule has 4 rings (SSSR count). The SMILES string of the molecule is COc1ccc(C(=O)N2CN([C@@H]3CCS(=O)(=O)C3)Cc3c2sc(C)c3C)cc1. The molecule has 6 nitrogen and oxygen atoms in total. The van der Waals surface area contributed by atoms with E-state index in [0.29, 0.717) is 30.9 Å². The van der Waals surface area contributed by atoms with Crippen molar-refractivity contribution in [3.63, 3.8) is 0 Å². The van der Waals surface area contributed by atoms with Gasteiger partial charge < -0.3 is 4.74 Å². The molecule has 2 aliphatic rings. The lowest BCUT2D eigenvalue weighted by atomic mass is 10.1. The zero-order valence-electron chi connectivity index (χ0n) is 16.3. The summed E-state index contributed by atoms with van der Waals surface area (Å²) in [6, 6.07) is 7.07. The number of amides is 1. The van der Waals surface area contributed by atoms with Crippen molar-refractivity contribution >= 4 is 32.1 Å². The third-order valence-electron chi connectivity index (χ3n) is 5.73. The Kier molecular flexibility index (Phi) is 4.97. The van der Waals surface area contributed by atoms with Gasteiger partial charge in [0, 0.05) is 28.6 Å². The van der Waals surface area contributed by atoms with Crippen LogP contribution < -0.4 is 9.64 Å². The molecule has 1 amide bonds. The number of benzene rings is 1. The van der Waals surface area contributed by atoms with Crippen molar-refractivity contribution < 1.29 is 17.9 Å². The highest BCUT2D eigenvalue weighted by Gasteiger charge is 2.38. The Bertz CT molecular complexity index is 1010. The van der Waals surface area contributed by atoms with Gasteiger partial charge in [-0.05, 0) is 50.1 Å². The molecule has 8 heteroatoms. The first-order chi connectivity index (χ1) is 13.3. The molecular weight excluding hydrogens is 396 g/mol. The zero-order valence-corrected chi connectivity index (χ0v) is 17.9. The minimum absolute atomic E-state index is 0.0380. The van der Waals surface area contributed by atoms with Crippen molar-refractivity contribution in [1.82, 2.24) is 4.90 Å². The molecule has 1 fully saturated rings. The van der Waals surface area contributed by atoms with Crippen LogP contribution in [-0.4, -0.2) is 50.6 Å². The van der Waals surface area contributed by atoms with Crippen LogP contribution in [0.5, 0.6) is 5.75 Å². The van der Waals surface area contributed by atoms with Crippen LogP contribution in [0.2, 0.25) is 0 Å². The maximum absolute atomic E-state index is 13.3. The van der Waals surface area contributed by atoms with Crippen molar-refractivity contribution in [3.05, 3.63) is 45.8 Å². The number of nitrogens with zero attached hydrogens (tertiary/aromatic N) is 2. The van der Waals surface area contributed by atoms with Crippen molar-refractivity contribution in [2.24, 2.45) is 0 Å². The number of anilines is 1. The number of methoxy groups -OCH3 is 1. The molecular formula is C20H24N2O4S2. The van der Waals surface area contributed by atoms with Gasteiger partial charge in [0.2, 0.25) is 0 Å². The Morgan fingerprint density at radius 2 is 1.93 bits per heavy atom. The van der Waals surface area contributed by atoms with Gasteiger partial charge in [-0.2, -0.15) is 0 Å². The molecule has 28 heavy (non-hydrogen) atoms. The van der Waals surface area contributed by atoms with Crippen molar-refractivity contribution in [2.45, 2.75) is 32.9 Å². The lowest BCUT2D eigenvalue weighted by Crippen LogP contribution is -2.49. The Morgan fingerprint density at radius 1 is 1.21 bits per heavy atom. The monoisotopic (exact) mass is 420 g/mol. The molecule has 0 radical (unpaired) electrons. The lowest BCUT2D eigenvalue weighted by molar-refractivity contribution is 0.0945. The van der Waals surface area contributed by atoms with E-state index in [9.17, 15) is 13.2 Å². The second kappa shape index (κ2) is 7.17. The highest BCUT2D eigenvalue weighted by Crippen LogP contribution is 2.41. The maximum atomic E-state index is 13.3. The van der Waals surface area contributed by atoms with Gasteiger partial charge in [-0.15, -0.1) is 11.3 Å². The highest BCUT2D eigenvalue weighted by molar-refractivity contribution is 7.91. The van der Waals surface area contributed by atoms with E-state index in [-0.39, 0.29) is 23.5 Å². The summed E-state index contributed by atoms with van der Waals surface area (Å²) in [4.78, 5) is 18.5. The van der Waals surface area contributed by atoms with Crippen LogP contribution in [0, 0.1) is 13.8 Å². The minimum Gasteiger partial charge on any atom is -0.497 e. The first kappa shape index (κ1) is 19.4. The molecule has 0 spiro atoms. The predicted molar refractivity (Wildman–Crippen MR) is 111 cm³/mol. The van der Waals surface area contributed by atoms with Crippen LogP contribution in [0.15, 0.2) is 24.3 Å². The smallest absolute Gasteiger partial charge is 0.260 e. The van der Waals surface area contributed by atoms with E-state index in [1.54, 1.807) is 47.6 Å². The number of hydrogen-bond donors (Lipinski definition) is 0. The molecule has 0 N–H and O–H groups in total. The highest BCUT2D eigenvalue weighted by atomic mass is 32.2. The van der Waals surface area contributed by atoms with Crippen LogP contribution in [-0.2, 0) is 16.4 Å². The quantitative estimate of drug-likeness (QED) is 0.764. The average molecular weight is 421 g/mol. The topological polar surface area (TPSA) is 66.9 Å². The molecule has 0 bridgehead atoms. The van der Waals surface area contributed by atoms with Gasteiger partial charge in [0.25, 0.3) is 5.91 Å². The molecule has 0 aliphatic carbocycles. The van der Waals surface area contributed by atoms with Crippen molar-refractivity contribution in [3.8, 4) is 5.75 Å². The molecule has 2 aliphatic heterocycles. The Labute approximate surface area is 169 Å². The van der Waals surface area contributed by atoms with Gasteiger partial charge in [0.1, 0.15) is 10.8 Å². The summed E-state index contributed by atoms with van der Waals surface area (Å²) in [5.41, 5.74) is 2.93. The second-order valence-electron chi connectivity index (χ2n) is 7.47. The summed E-state index contributed by atoms with van der Waals surface area (Å²) >= 11 is 1.64. The van der Waals surface area contributed by atoms with E-state index in [1.165, 1.54) is 10.4 Å². The molecule has 1 atom stereocenters. The summed E-state index contributed by atoms with van der Waals surface area (Å²) < 4.78 is 29.1. The number of carbonyl (C=O) groups is 1. The number of fused-ring (bicyclic) bond motifs is 1. The summed E-state index contributed by atoms with van der Waals surface area (Å²) in [6.45, 7) is 5.25. The van der Waals surface area contributed by atoms with Crippen LogP contribution in [0.1, 0.15) is 32.8 Å². The molecule has 0 saturated carbocycles. The van der Waals surface area contributed by atoms with Gasteiger partial charge in [0.05, 0.1) is 25.3 Å². The molecule has 0 unspecified atom stereocenters. The predicted octanol–water partition coefficient (Wildman–Crippen LogP) is 2.98. The fraction of sp³-hybridized carbons (Fsp3) is 0.450. The Hall–Kier alpha value is -1.90. The summed E-state index contributed by atoms with van der Waals surface area (Å²) in [5.74, 6) is 1.04. The van der Waals surface area contributed by atoms with E-state index in [1.807, 2.05) is 0 Å². The molecule has 150 valence electrons. The van der Waals surface area contributed by atoms with E-state index in [0.717, 1.165) is 10.6 Å². The number of aryl methyl sites for hydroxylation is 1. The van der Waals surface area contributed by atoms with Crippen LogP contribution in [0.25, 0.3) is 0 Å². The number of carbonyl (C=O) groups excluding carboxylic acids is 1. The van der Waals surface area contributed by atoms with Crippen LogP contribution >= 0.6 is 11.3 Å². The van der Waals surface area contributed by atoms with Crippen molar-refractivity contribution in [2.75, 3.05) is 30.2 Å². The lowest BCUT2D eigenvalue weighted by Gasteiger charge is -2.38. The van der Waals surface area contributed by atoms with E-state index >= 15 is 0 Å². The van der Waals surface area contributed by atoms with E-state index in [4.69, 9.17) is 4.74 Å². The minimum atomic E-state index is -2.98. The molecule has 2 aromatic rings. The van der Waals surface area contributed by atoms with Gasteiger partial charge >= 0.3 is 0 Å². The number of hydrogen-bond acceptors (Lipinski definition) is 6. The summed E-state index contributed by atoms with van der Waals surface area (Å²) in [7, 11) is -1.39. The Balaban J connectivity index is 1.68. The third-order valence-corrected chi connectivity index (χ3v) is 8.75. The van der Waals surface area contributed by atoms with E-state index in [2.05, 4.69) is 18.7 Å². The summed E-state index contributed by atoms with van der Waals surface area (Å²) in [5, 5.41) is 0.980. The average Bonchev–Trinajstić information content (AvgIpc) is 3.19. The first-order valence-electron chi connectivity index (χ1n) is 9.28. The number of rotatable bonds is 3. The normalized spacial score (nSPS) is 21.5. The fourth-order valence-electron chi connectivity index (χ4n) is 3.91. The van der Waals surface area contributed by atoms with Crippen LogP contribution in [0.3, 0.4) is 0 Å². The third kappa shape index (κ3) is 3.44. The maximum Gasteiger partial charge on any atom is 0.260 e. The zero-order chi connectivity index (χ0) is 20.1. The molecule has 1 aromatic heterocycles. The number of ether oxygens (including phenoxy) is 1. The number of thiophene rings is 1. The second-order valence-corrected chi connectivity index (χ2v) is 10.9. The molecule has 3 heterocycles. The number of sulfone groups is 1. The van der Waals surface area contributed by atoms with Crippen LogP contribution in [0.4, 0.5) is 5.00 Å². The summed E-state index contributed by atoms with van der Waals surface area (Å²) in [6.07, 6.45) is 0.629. The van der Waals surface area contributed by atoms with E-state index < -0.39 is 9.84 Å². The largest absolute Gasteiger partial charge is 0.497 e. The Morgan fingerprint density at radius 3 is 2.54 bits per heavy atom. The molecule has 1 saturated heterocycles. The van der Waals surface area contributed by atoms with Gasteiger partial charge in [-0.3, -0.25) is 14.6 Å². The standard InChI is InChI=1S/C20H24N2O4S2/c1-13-14(2)27-20-18(13)10-21(16-8-9-28(24,25)11-16)12-22(20)19(23)15-4-6-17(26-3)7-5-15/h4-7,16H,8-12H2,1-3H3/t16-/m1/s1. The van der Waals surface area contributed by atoms with Crippen molar-refractivity contribution in [1.29, 1.82) is 0 Å². The first-order valence-corrected chi connectivity index (χ1v) is 11.9. The molecule has 1 aromatic carbocycles. The van der Waals surface area contributed by atoms with Gasteiger partial charge in [0.15, 0.2) is 9.84 Å².